The predicted octanol–water partition coefficient (Wildman–Crippen LogP) is 0.166. The summed E-state index contributed by atoms with van der Waals surface area (Å²) in [4.78, 5) is 31.6. The molecule has 0 spiro atoms. The highest BCUT2D eigenvalue weighted by molar-refractivity contribution is 5.94. The minimum atomic E-state index is -1.01. The van der Waals surface area contributed by atoms with Crippen LogP contribution in [0.5, 0.6) is 0 Å². The fourth-order valence-corrected chi connectivity index (χ4v) is 1.46. The Hall–Kier alpha value is -1.98. The number of hydrogen-bond donors (Lipinski definition) is 1. The lowest BCUT2D eigenvalue weighted by Crippen LogP contribution is -2.37. The normalized spacial score (nSPS) is 14.5. The number of nitrogens with zero attached hydrogens (tertiary/aromatic N) is 3. The first kappa shape index (κ1) is 10.5. The number of carbonyl (C=O) groups is 2. The molecule has 84 valence electrons. The van der Waals surface area contributed by atoms with Crippen molar-refractivity contribution < 1.29 is 14.7 Å². The molecule has 1 N–H and O–H groups in total. The Morgan fingerprint density at radius 2 is 2.19 bits per heavy atom. The second kappa shape index (κ2) is 4.26. The molecule has 6 nitrogen and oxygen atoms in total. The fraction of sp³-hybridized carbons (Fsp3) is 0.400. The monoisotopic (exact) mass is 221 g/mol. The minimum absolute atomic E-state index is 0.0469. The van der Waals surface area contributed by atoms with Crippen molar-refractivity contribution >= 4 is 11.9 Å². The largest absolute Gasteiger partial charge is 0.480 e. The quantitative estimate of drug-likeness (QED) is 0.783. The van der Waals surface area contributed by atoms with Gasteiger partial charge in [-0.3, -0.25) is 14.6 Å². The van der Waals surface area contributed by atoms with Gasteiger partial charge in [0.25, 0.3) is 5.91 Å². The third kappa shape index (κ3) is 2.33. The summed E-state index contributed by atoms with van der Waals surface area (Å²) >= 11 is 0. The lowest BCUT2D eigenvalue weighted by Gasteiger charge is -2.19. The van der Waals surface area contributed by atoms with Gasteiger partial charge in [0.15, 0.2) is 0 Å². The van der Waals surface area contributed by atoms with Crippen LogP contribution in [-0.2, 0) is 4.79 Å². The van der Waals surface area contributed by atoms with Gasteiger partial charge in [0, 0.05) is 18.4 Å². The van der Waals surface area contributed by atoms with Gasteiger partial charge in [0.05, 0.1) is 6.20 Å². The molecule has 1 aliphatic carbocycles. The highest BCUT2D eigenvalue weighted by atomic mass is 16.4. The number of carboxylic acids is 1. The van der Waals surface area contributed by atoms with Crippen LogP contribution in [0.4, 0.5) is 0 Å². The zero-order valence-corrected chi connectivity index (χ0v) is 8.54. The maximum atomic E-state index is 11.9. The van der Waals surface area contributed by atoms with Crippen LogP contribution in [0.25, 0.3) is 0 Å². The van der Waals surface area contributed by atoms with E-state index in [-0.39, 0.29) is 24.2 Å². The molecule has 1 aliphatic rings. The van der Waals surface area contributed by atoms with E-state index in [9.17, 15) is 9.59 Å². The van der Waals surface area contributed by atoms with Crippen molar-refractivity contribution in [1.29, 1.82) is 0 Å². The van der Waals surface area contributed by atoms with Crippen LogP contribution in [-0.4, -0.2) is 44.4 Å². The summed E-state index contributed by atoms with van der Waals surface area (Å²) in [6, 6.07) is 0.0469. The maximum Gasteiger partial charge on any atom is 0.323 e. The van der Waals surface area contributed by atoms with E-state index in [1.54, 1.807) is 0 Å². The summed E-state index contributed by atoms with van der Waals surface area (Å²) in [7, 11) is 0. The molecule has 1 aromatic rings. The van der Waals surface area contributed by atoms with Gasteiger partial charge in [-0.15, -0.1) is 0 Å². The van der Waals surface area contributed by atoms with Crippen molar-refractivity contribution in [2.45, 2.75) is 18.9 Å². The van der Waals surface area contributed by atoms with Crippen molar-refractivity contribution in [3.63, 3.8) is 0 Å². The molecular formula is C10H11N3O3. The average Bonchev–Trinajstić information content (AvgIpc) is 3.10. The molecule has 1 saturated carbocycles. The van der Waals surface area contributed by atoms with E-state index in [4.69, 9.17) is 5.11 Å². The van der Waals surface area contributed by atoms with Crippen molar-refractivity contribution in [3.8, 4) is 0 Å². The Balaban J connectivity index is 2.14. The minimum Gasteiger partial charge on any atom is -0.480 e. The summed E-state index contributed by atoms with van der Waals surface area (Å²) in [5.74, 6) is -1.37. The number of rotatable bonds is 4. The lowest BCUT2D eigenvalue weighted by atomic mass is 10.3. The molecule has 0 radical (unpaired) electrons. The van der Waals surface area contributed by atoms with E-state index < -0.39 is 5.97 Å². The number of amides is 1. The summed E-state index contributed by atoms with van der Waals surface area (Å²) < 4.78 is 0. The predicted molar refractivity (Wildman–Crippen MR) is 53.7 cm³/mol. The summed E-state index contributed by atoms with van der Waals surface area (Å²) in [5, 5.41) is 8.73. The van der Waals surface area contributed by atoms with Crippen molar-refractivity contribution in [2.75, 3.05) is 6.54 Å². The van der Waals surface area contributed by atoms with Gasteiger partial charge in [0.2, 0.25) is 0 Å². The highest BCUT2D eigenvalue weighted by Crippen LogP contribution is 2.27. The smallest absolute Gasteiger partial charge is 0.323 e. The third-order valence-corrected chi connectivity index (χ3v) is 2.34. The van der Waals surface area contributed by atoms with Crippen LogP contribution in [0.15, 0.2) is 18.6 Å². The van der Waals surface area contributed by atoms with E-state index in [2.05, 4.69) is 9.97 Å². The van der Waals surface area contributed by atoms with Crippen LogP contribution in [0.3, 0.4) is 0 Å². The Morgan fingerprint density at radius 1 is 1.44 bits per heavy atom. The van der Waals surface area contributed by atoms with Crippen LogP contribution >= 0.6 is 0 Å². The van der Waals surface area contributed by atoms with Gasteiger partial charge < -0.3 is 10.0 Å². The number of carboxylic acid groups (broad SMARTS) is 1. The zero-order chi connectivity index (χ0) is 11.5. The van der Waals surface area contributed by atoms with Crippen LogP contribution in [0, 0.1) is 0 Å². The highest BCUT2D eigenvalue weighted by Gasteiger charge is 2.34. The Morgan fingerprint density at radius 3 is 2.69 bits per heavy atom. The number of aromatic nitrogens is 2. The van der Waals surface area contributed by atoms with Crippen molar-refractivity contribution in [1.82, 2.24) is 14.9 Å². The molecule has 1 fully saturated rings. The number of carbonyl (C=O) groups excluding carboxylic acids is 1. The molecule has 0 unspecified atom stereocenters. The Kier molecular flexibility index (Phi) is 2.80. The molecular weight excluding hydrogens is 210 g/mol. The van der Waals surface area contributed by atoms with Crippen LogP contribution in [0.1, 0.15) is 23.3 Å². The average molecular weight is 221 g/mol. The zero-order valence-electron chi connectivity index (χ0n) is 8.54. The van der Waals surface area contributed by atoms with Gasteiger partial charge in [-0.2, -0.15) is 0 Å². The Labute approximate surface area is 91.9 Å². The maximum absolute atomic E-state index is 11.9. The second-order valence-corrected chi connectivity index (χ2v) is 3.65. The van der Waals surface area contributed by atoms with E-state index in [0.717, 1.165) is 12.8 Å². The lowest BCUT2D eigenvalue weighted by molar-refractivity contribution is -0.137. The first-order chi connectivity index (χ1) is 7.68. The van der Waals surface area contributed by atoms with Crippen LogP contribution < -0.4 is 0 Å². The molecule has 1 aromatic heterocycles. The van der Waals surface area contributed by atoms with E-state index in [0.29, 0.717) is 0 Å². The van der Waals surface area contributed by atoms with Crippen molar-refractivity contribution in [2.24, 2.45) is 0 Å². The molecule has 6 heteroatoms. The third-order valence-electron chi connectivity index (χ3n) is 2.34. The van der Waals surface area contributed by atoms with E-state index in [1.165, 1.54) is 23.5 Å². The van der Waals surface area contributed by atoms with E-state index >= 15 is 0 Å². The molecule has 2 rings (SSSR count). The Bertz CT molecular complexity index is 403. The van der Waals surface area contributed by atoms with Gasteiger partial charge in [-0.1, -0.05) is 0 Å². The molecule has 0 aliphatic heterocycles. The summed E-state index contributed by atoms with van der Waals surface area (Å²) in [6.45, 7) is -0.278. The fourth-order valence-electron chi connectivity index (χ4n) is 1.46. The van der Waals surface area contributed by atoms with Crippen molar-refractivity contribution in [3.05, 3.63) is 24.3 Å². The molecule has 1 heterocycles. The van der Waals surface area contributed by atoms with Gasteiger partial charge in [-0.25, -0.2) is 4.98 Å². The standard InChI is InChI=1S/C10H11N3O3/c14-9(15)6-13(7-1-2-7)10(16)8-5-11-3-4-12-8/h3-5,7H,1-2,6H2,(H,14,15). The first-order valence-electron chi connectivity index (χ1n) is 4.97. The number of aliphatic carboxylic acids is 1. The second-order valence-electron chi connectivity index (χ2n) is 3.65. The van der Waals surface area contributed by atoms with Gasteiger partial charge >= 0.3 is 5.97 Å². The summed E-state index contributed by atoms with van der Waals surface area (Å²) in [6.07, 6.45) is 5.95. The van der Waals surface area contributed by atoms with Gasteiger partial charge in [-0.05, 0) is 12.8 Å². The summed E-state index contributed by atoms with van der Waals surface area (Å²) in [5.41, 5.74) is 0.190. The molecule has 0 saturated heterocycles. The SMILES string of the molecule is O=C(O)CN(C(=O)c1cnccn1)C1CC1. The van der Waals surface area contributed by atoms with Gasteiger partial charge in [0.1, 0.15) is 12.2 Å². The molecule has 0 bridgehead atoms. The first-order valence-corrected chi connectivity index (χ1v) is 4.97. The molecule has 16 heavy (non-hydrogen) atoms. The van der Waals surface area contributed by atoms with Crippen LogP contribution in [0.2, 0.25) is 0 Å². The van der Waals surface area contributed by atoms with E-state index in [1.807, 2.05) is 0 Å². The molecule has 0 aromatic carbocycles. The molecule has 1 amide bonds. The number of hydrogen-bond acceptors (Lipinski definition) is 4. The topological polar surface area (TPSA) is 83.4 Å². The molecule has 0 atom stereocenters.